The highest BCUT2D eigenvalue weighted by Gasteiger charge is 2.26. The van der Waals surface area contributed by atoms with E-state index in [1.54, 1.807) is 0 Å². The van der Waals surface area contributed by atoms with Gasteiger partial charge in [0.15, 0.2) is 11.9 Å². The molecule has 0 bridgehead atoms. The normalized spacial score (nSPS) is 18.5. The average Bonchev–Trinajstić information content (AvgIpc) is 2.80. The summed E-state index contributed by atoms with van der Waals surface area (Å²) in [5.41, 5.74) is 1.04. The first-order valence-corrected chi connectivity index (χ1v) is 5.58. The van der Waals surface area contributed by atoms with E-state index in [1.165, 1.54) is 7.11 Å². The van der Waals surface area contributed by atoms with Gasteiger partial charge in [-0.3, -0.25) is 0 Å². The molecule has 5 heteroatoms. The van der Waals surface area contributed by atoms with Crippen molar-refractivity contribution in [1.82, 2.24) is 0 Å². The molecule has 0 spiro atoms. The molecule has 0 aliphatic carbocycles. The first-order chi connectivity index (χ1) is 8.19. The van der Waals surface area contributed by atoms with Gasteiger partial charge in [-0.1, -0.05) is 23.7 Å². The highest BCUT2D eigenvalue weighted by atomic mass is 35.5. The van der Waals surface area contributed by atoms with Gasteiger partial charge >= 0.3 is 5.97 Å². The van der Waals surface area contributed by atoms with Crippen molar-refractivity contribution in [2.45, 2.75) is 12.5 Å². The molecule has 0 amide bonds. The molecule has 0 radical (unpaired) electrons. The van der Waals surface area contributed by atoms with E-state index in [0.29, 0.717) is 17.3 Å². The maximum atomic E-state index is 11.2. The highest BCUT2D eigenvalue weighted by Crippen LogP contribution is 2.13. The average molecular weight is 254 g/mol. The number of aliphatic imine (C=N–C) groups is 1. The molecule has 1 heterocycles. The summed E-state index contributed by atoms with van der Waals surface area (Å²) in [6.45, 7) is 0.260. The molecule has 0 saturated heterocycles. The predicted octanol–water partition coefficient (Wildman–Crippen LogP) is 1.85. The summed E-state index contributed by atoms with van der Waals surface area (Å²) in [6.07, 6.45) is 0.560. The molecular weight excluding hydrogens is 242 g/mol. The van der Waals surface area contributed by atoms with Gasteiger partial charge in [-0.25, -0.2) is 9.79 Å². The predicted molar refractivity (Wildman–Crippen MR) is 64.3 cm³/mol. The number of nitrogens with zero attached hydrogens (tertiary/aromatic N) is 1. The molecule has 2 rings (SSSR count). The third kappa shape index (κ3) is 2.97. The van der Waals surface area contributed by atoms with Gasteiger partial charge in [0, 0.05) is 11.4 Å². The summed E-state index contributed by atoms with van der Waals surface area (Å²) in [5.74, 6) is 0.193. The molecule has 4 nitrogen and oxygen atoms in total. The van der Waals surface area contributed by atoms with Gasteiger partial charge in [-0.2, -0.15) is 0 Å². The first kappa shape index (κ1) is 11.9. The van der Waals surface area contributed by atoms with Crippen molar-refractivity contribution < 1.29 is 14.3 Å². The monoisotopic (exact) mass is 253 g/mol. The Morgan fingerprint density at radius 2 is 2.24 bits per heavy atom. The zero-order chi connectivity index (χ0) is 12.3. The number of methoxy groups -OCH3 is 1. The number of benzene rings is 1. The lowest BCUT2D eigenvalue weighted by Crippen LogP contribution is -2.21. The minimum Gasteiger partial charge on any atom is -0.478 e. The molecule has 0 saturated carbocycles. The highest BCUT2D eigenvalue weighted by molar-refractivity contribution is 6.30. The van der Waals surface area contributed by atoms with Crippen LogP contribution in [0.15, 0.2) is 29.3 Å². The van der Waals surface area contributed by atoms with Crippen LogP contribution in [-0.4, -0.2) is 31.6 Å². The number of carbonyl (C=O) groups is 1. The number of carbonyl (C=O) groups excluding carboxylic acids is 1. The van der Waals surface area contributed by atoms with Crippen LogP contribution in [0.5, 0.6) is 0 Å². The smallest absolute Gasteiger partial charge is 0.334 e. The number of esters is 1. The summed E-state index contributed by atoms with van der Waals surface area (Å²) in [5, 5.41) is 0.690. The molecule has 0 N–H and O–H groups in total. The van der Waals surface area contributed by atoms with E-state index in [0.717, 1.165) is 5.56 Å². The Kier molecular flexibility index (Phi) is 3.64. The molecule has 0 fully saturated rings. The van der Waals surface area contributed by atoms with Crippen molar-refractivity contribution in [3.8, 4) is 0 Å². The third-order valence-electron chi connectivity index (χ3n) is 2.45. The van der Waals surface area contributed by atoms with Crippen LogP contribution in [0.1, 0.15) is 5.56 Å². The van der Waals surface area contributed by atoms with E-state index in [2.05, 4.69) is 9.73 Å². The summed E-state index contributed by atoms with van der Waals surface area (Å²) in [6, 6.07) is 6.90. The van der Waals surface area contributed by atoms with Crippen molar-refractivity contribution >= 4 is 23.5 Å². The zero-order valence-corrected chi connectivity index (χ0v) is 10.1. The number of rotatable bonds is 3. The summed E-state index contributed by atoms with van der Waals surface area (Å²) in [7, 11) is 1.34. The molecule has 1 aliphatic rings. The molecule has 1 atom stereocenters. The van der Waals surface area contributed by atoms with Crippen LogP contribution in [0.3, 0.4) is 0 Å². The Morgan fingerprint density at radius 3 is 2.88 bits per heavy atom. The fourth-order valence-corrected chi connectivity index (χ4v) is 1.68. The summed E-state index contributed by atoms with van der Waals surface area (Å²) >= 11 is 5.79. The lowest BCUT2D eigenvalue weighted by Gasteiger charge is -2.01. The minimum absolute atomic E-state index is 0.260. The standard InChI is InChI=1S/C12H12ClNO3/c1-16-12(15)10-7-17-11(14-10)6-8-2-4-9(13)5-3-8/h2-5,10H,6-7H2,1H3. The Hall–Kier alpha value is -1.55. The van der Waals surface area contributed by atoms with Crippen LogP contribution in [0, 0.1) is 0 Å². The van der Waals surface area contributed by atoms with Gasteiger partial charge in [0.05, 0.1) is 7.11 Å². The molecule has 0 aromatic heterocycles. The molecule has 1 aliphatic heterocycles. The summed E-state index contributed by atoms with van der Waals surface area (Å²) < 4.78 is 9.94. The van der Waals surface area contributed by atoms with Crippen LogP contribution in [0.2, 0.25) is 5.02 Å². The van der Waals surface area contributed by atoms with Crippen LogP contribution >= 0.6 is 11.6 Å². The van der Waals surface area contributed by atoms with E-state index in [1.807, 2.05) is 24.3 Å². The maximum Gasteiger partial charge on any atom is 0.334 e. The third-order valence-corrected chi connectivity index (χ3v) is 2.70. The lowest BCUT2D eigenvalue weighted by molar-refractivity contribution is -0.142. The van der Waals surface area contributed by atoms with Crippen LogP contribution < -0.4 is 0 Å². The van der Waals surface area contributed by atoms with Gasteiger partial charge in [0.25, 0.3) is 0 Å². The quantitative estimate of drug-likeness (QED) is 0.773. The SMILES string of the molecule is COC(=O)C1COC(Cc2ccc(Cl)cc2)=N1. The second-order valence-electron chi connectivity index (χ2n) is 3.68. The Labute approximate surface area is 104 Å². The summed E-state index contributed by atoms with van der Waals surface area (Å²) in [4.78, 5) is 15.4. The van der Waals surface area contributed by atoms with Crippen LogP contribution in [0.25, 0.3) is 0 Å². The first-order valence-electron chi connectivity index (χ1n) is 5.21. The molecule has 90 valence electrons. The van der Waals surface area contributed by atoms with Crippen LogP contribution in [-0.2, 0) is 20.7 Å². The van der Waals surface area contributed by atoms with Crippen molar-refractivity contribution in [2.75, 3.05) is 13.7 Å². The number of ether oxygens (including phenoxy) is 2. The van der Waals surface area contributed by atoms with E-state index in [-0.39, 0.29) is 12.6 Å². The van der Waals surface area contributed by atoms with E-state index < -0.39 is 6.04 Å². The van der Waals surface area contributed by atoms with Gasteiger partial charge in [0.2, 0.25) is 0 Å². The van der Waals surface area contributed by atoms with Gasteiger partial charge < -0.3 is 9.47 Å². The second kappa shape index (κ2) is 5.19. The fraction of sp³-hybridized carbons (Fsp3) is 0.333. The van der Waals surface area contributed by atoms with E-state index >= 15 is 0 Å². The molecule has 1 unspecified atom stereocenters. The van der Waals surface area contributed by atoms with Gasteiger partial charge in [0.1, 0.15) is 6.61 Å². The van der Waals surface area contributed by atoms with Gasteiger partial charge in [-0.15, -0.1) is 0 Å². The van der Waals surface area contributed by atoms with Crippen molar-refractivity contribution in [3.63, 3.8) is 0 Å². The Balaban J connectivity index is 2.01. The Morgan fingerprint density at radius 1 is 1.53 bits per heavy atom. The van der Waals surface area contributed by atoms with E-state index in [4.69, 9.17) is 16.3 Å². The van der Waals surface area contributed by atoms with E-state index in [9.17, 15) is 4.79 Å². The largest absolute Gasteiger partial charge is 0.478 e. The lowest BCUT2D eigenvalue weighted by atomic mass is 10.1. The topological polar surface area (TPSA) is 47.9 Å². The molecular formula is C12H12ClNO3. The second-order valence-corrected chi connectivity index (χ2v) is 4.11. The number of halogens is 1. The van der Waals surface area contributed by atoms with Gasteiger partial charge in [-0.05, 0) is 17.7 Å². The van der Waals surface area contributed by atoms with Crippen molar-refractivity contribution in [3.05, 3.63) is 34.9 Å². The van der Waals surface area contributed by atoms with Crippen LogP contribution in [0.4, 0.5) is 0 Å². The zero-order valence-electron chi connectivity index (χ0n) is 9.35. The maximum absolute atomic E-state index is 11.2. The Bertz CT molecular complexity index is 442. The fourth-order valence-electron chi connectivity index (χ4n) is 1.55. The molecule has 1 aromatic rings. The minimum atomic E-state index is -0.526. The molecule has 17 heavy (non-hydrogen) atoms. The molecule has 1 aromatic carbocycles. The van der Waals surface area contributed by atoms with Crippen molar-refractivity contribution in [2.24, 2.45) is 4.99 Å². The van der Waals surface area contributed by atoms with Crippen molar-refractivity contribution in [1.29, 1.82) is 0 Å². The number of hydrogen-bond acceptors (Lipinski definition) is 4. The number of hydrogen-bond donors (Lipinski definition) is 0.